The van der Waals surface area contributed by atoms with Crippen molar-refractivity contribution in [2.45, 2.75) is 141 Å². The number of fused-ring (bicyclic) bond motifs is 6. The Hall–Kier alpha value is -11.3. The zero-order chi connectivity index (χ0) is 72.3. The number of amides is 6. The largest absolute Gasteiger partial charge is 0.464 e. The topological polar surface area (TPSA) is 369 Å². The van der Waals surface area contributed by atoms with E-state index in [1.54, 1.807) is 24.3 Å². The molecule has 6 aromatic rings. The van der Waals surface area contributed by atoms with Gasteiger partial charge in [-0.15, -0.1) is 0 Å². The summed E-state index contributed by atoms with van der Waals surface area (Å²) in [5, 5.41) is 56.7. The molecule has 0 unspecified atom stereocenters. The van der Waals surface area contributed by atoms with Crippen LogP contribution in [0.15, 0.2) is 154 Å². The molecule has 6 aromatic carbocycles. The van der Waals surface area contributed by atoms with Crippen LogP contribution in [0.3, 0.4) is 0 Å². The molecule has 4 bridgehead atoms. The Morgan fingerprint density at radius 2 is 0.735 bits per heavy atom. The number of benzene rings is 6. The molecule has 4 atom stereocenters. The molecule has 3 aliphatic rings. The third kappa shape index (κ3) is 22.3. The van der Waals surface area contributed by atoms with Crippen LogP contribution < -0.4 is 41.7 Å². The highest BCUT2D eigenvalue weighted by Crippen LogP contribution is 2.28. The Morgan fingerprint density at radius 3 is 1.02 bits per heavy atom. The molecular weight excluding hydrogens is 1310 g/mol. The molecule has 6 amide bonds. The lowest BCUT2D eigenvalue weighted by atomic mass is 9.89. The first-order valence-corrected chi connectivity index (χ1v) is 34.8. The van der Waals surface area contributed by atoms with Crippen molar-refractivity contribution in [2.75, 3.05) is 62.3 Å². The minimum atomic E-state index is -0.562. The summed E-state index contributed by atoms with van der Waals surface area (Å²) >= 11 is 0. The van der Waals surface area contributed by atoms with Gasteiger partial charge in [-0.3, -0.25) is 58.6 Å². The van der Waals surface area contributed by atoms with Gasteiger partial charge in [-0.05, 0) is 174 Å². The normalized spacial score (nSPS) is 16.9. The highest BCUT2D eigenvalue weighted by molar-refractivity contribution is 6.06. The van der Waals surface area contributed by atoms with Crippen LogP contribution in [-0.2, 0) is 19.1 Å². The Kier molecular flexibility index (Phi) is 27.7. The van der Waals surface area contributed by atoms with Crippen LogP contribution in [0.2, 0.25) is 0 Å². The summed E-state index contributed by atoms with van der Waals surface area (Å²) in [5.41, 5.74) is 4.24. The maximum atomic E-state index is 14.3. The number of rotatable bonds is 30. The van der Waals surface area contributed by atoms with Crippen molar-refractivity contribution in [3.05, 3.63) is 187 Å². The molecule has 28 heteroatoms. The summed E-state index contributed by atoms with van der Waals surface area (Å²) in [4.78, 5) is 136. The van der Waals surface area contributed by atoms with E-state index in [1.165, 1.54) is 84.9 Å². The van der Waals surface area contributed by atoms with Crippen LogP contribution in [0.1, 0.15) is 179 Å². The van der Waals surface area contributed by atoms with E-state index in [4.69, 9.17) is 9.47 Å². The fraction of sp³-hybridized carbons (Fsp3) is 0.405. The second kappa shape index (κ2) is 37.8. The second-order valence-corrected chi connectivity index (χ2v) is 25.2. The molecule has 9 rings (SSSR count). The summed E-state index contributed by atoms with van der Waals surface area (Å²) in [7, 11) is 0. The number of hydrogen-bond acceptors (Lipinski definition) is 20. The molecular formula is C74H86N14O14. The van der Waals surface area contributed by atoms with Gasteiger partial charge in [-0.1, -0.05) is 38.5 Å². The number of nitro benzene ring substituents is 2. The van der Waals surface area contributed by atoms with E-state index >= 15 is 0 Å². The van der Waals surface area contributed by atoms with Gasteiger partial charge in [0.25, 0.3) is 46.8 Å². The molecule has 28 nitrogen and oxygen atoms in total. The molecule has 102 heavy (non-hydrogen) atoms. The number of carbonyl (C=O) groups excluding carboxylic acids is 8. The maximum absolute atomic E-state index is 14.3. The number of carbonyl (C=O) groups is 8. The molecule has 1 heterocycles. The predicted molar refractivity (Wildman–Crippen MR) is 382 cm³/mol. The SMILES string of the molecule is CCN(CCOC(=O)CCCCCNC(=O)c1cc2cc(c1)C(=O)N[C@@H]1CCCC[C@H]1NC(=O)c1cc(C(=O)NCCCCCC(=O)OCCN(CC)c3ccc(N=Nc4ccc([N+](=O)[O-])cc4)cc3)cc(c1)C(=O)N[C@@H]1CCCC[C@H]1NC2=O)c1ccc(N=Nc2ccc([N+](=O)[O-])cc2)cc1. The standard InChI is InChI=1S/C74H86N14O14/c1-3-85(59-29-21-55(22-30-59)81-83-57-25-33-61(34-26-57)87(97)98)39-41-101-67(89)19-7-5-13-37-75-69(91)49-43-51-47-52(44-49)72(94)78-64-16-10-12-18-66(64)80-74(96)54-46-50(45-53(48-54)73(95)79-65-17-11-9-15-63(65)77-71(51)93)70(92)76-38-14-6-8-20-68(90)102-42-40-86(4-2)60-31-23-56(24-32-60)82-84-58-27-35-62(36-28-58)88(99)100/h21-36,43-48,63-66H,3-20,37-42H2,1-2H3,(H,75,91)(H,76,92)(H,77,93)(H,78,94)(H,79,95)(H,80,96)/t63-,64-,65-,66-/m1/s1. The van der Waals surface area contributed by atoms with Crippen molar-refractivity contribution in [2.24, 2.45) is 20.5 Å². The summed E-state index contributed by atoms with van der Waals surface area (Å²) in [6.07, 6.45) is 8.64. The Labute approximate surface area is 590 Å². The summed E-state index contributed by atoms with van der Waals surface area (Å²) in [6.45, 7) is 7.02. The second-order valence-electron chi connectivity index (χ2n) is 25.2. The first-order chi connectivity index (χ1) is 49.4. The fourth-order valence-corrected chi connectivity index (χ4v) is 12.3. The summed E-state index contributed by atoms with van der Waals surface area (Å²) < 4.78 is 11.1. The zero-order valence-corrected chi connectivity index (χ0v) is 57.3. The average molecular weight is 1400 g/mol. The fourth-order valence-electron chi connectivity index (χ4n) is 12.3. The maximum Gasteiger partial charge on any atom is 0.305 e. The number of nitrogens with zero attached hydrogens (tertiary/aromatic N) is 8. The molecule has 0 spiro atoms. The number of unbranched alkanes of at least 4 members (excludes halogenated alkanes) is 4. The lowest BCUT2D eigenvalue weighted by Gasteiger charge is -2.33. The summed E-state index contributed by atoms with van der Waals surface area (Å²) in [6, 6.07) is 32.6. The van der Waals surface area contributed by atoms with Crippen molar-refractivity contribution in [3.63, 3.8) is 0 Å². The van der Waals surface area contributed by atoms with Crippen molar-refractivity contribution in [1.82, 2.24) is 31.9 Å². The average Bonchev–Trinajstić information content (AvgIpc) is 0.806. The molecule has 2 aliphatic carbocycles. The van der Waals surface area contributed by atoms with Crippen LogP contribution in [0, 0.1) is 20.2 Å². The number of anilines is 2. The highest BCUT2D eigenvalue weighted by Gasteiger charge is 2.33. The highest BCUT2D eigenvalue weighted by atomic mass is 16.6. The number of hydrogen-bond donors (Lipinski definition) is 6. The van der Waals surface area contributed by atoms with Gasteiger partial charge in [0.05, 0.1) is 45.7 Å². The number of azo groups is 2. The Bertz CT molecular complexity index is 3660. The number of nitrogens with one attached hydrogen (secondary N) is 6. The summed E-state index contributed by atoms with van der Waals surface area (Å²) in [5.74, 6) is -3.94. The zero-order valence-electron chi connectivity index (χ0n) is 57.3. The number of esters is 2. The monoisotopic (exact) mass is 1390 g/mol. The van der Waals surface area contributed by atoms with Gasteiger partial charge in [0.2, 0.25) is 0 Å². The van der Waals surface area contributed by atoms with Gasteiger partial charge >= 0.3 is 11.9 Å². The molecule has 0 radical (unpaired) electrons. The molecule has 1 aliphatic heterocycles. The van der Waals surface area contributed by atoms with Crippen molar-refractivity contribution >= 4 is 92.9 Å². The minimum Gasteiger partial charge on any atom is -0.464 e. The van der Waals surface area contributed by atoms with Crippen LogP contribution in [0.25, 0.3) is 0 Å². The van der Waals surface area contributed by atoms with Gasteiger partial charge in [-0.2, -0.15) is 20.5 Å². The van der Waals surface area contributed by atoms with E-state index in [0.717, 1.165) is 37.1 Å². The van der Waals surface area contributed by atoms with Crippen LogP contribution in [-0.4, -0.2) is 134 Å². The van der Waals surface area contributed by atoms with Crippen LogP contribution in [0.5, 0.6) is 0 Å². The van der Waals surface area contributed by atoms with E-state index in [1.807, 2.05) is 47.9 Å². The molecule has 0 aromatic heterocycles. The lowest BCUT2D eigenvalue weighted by molar-refractivity contribution is -0.385. The Morgan fingerprint density at radius 1 is 0.441 bits per heavy atom. The number of likely N-dealkylation sites (N-methyl/N-ethyl adjacent to an activating group) is 2. The van der Waals surface area contributed by atoms with E-state index in [2.05, 4.69) is 52.4 Å². The van der Waals surface area contributed by atoms with Crippen molar-refractivity contribution in [1.29, 1.82) is 0 Å². The van der Waals surface area contributed by atoms with Crippen LogP contribution >= 0.6 is 0 Å². The molecule has 536 valence electrons. The van der Waals surface area contributed by atoms with Gasteiger partial charge in [0.1, 0.15) is 13.2 Å². The molecule has 2 saturated carbocycles. The number of ether oxygens (including phenoxy) is 2. The van der Waals surface area contributed by atoms with E-state index in [9.17, 15) is 58.6 Å². The van der Waals surface area contributed by atoms with Crippen molar-refractivity contribution in [3.8, 4) is 0 Å². The quantitative estimate of drug-likeness (QED) is 0.00802. The van der Waals surface area contributed by atoms with Gasteiger partial charge < -0.3 is 51.2 Å². The number of nitro groups is 2. The van der Waals surface area contributed by atoms with Crippen LogP contribution in [0.4, 0.5) is 45.5 Å². The van der Waals surface area contributed by atoms with E-state index < -0.39 is 69.5 Å². The Balaban J connectivity index is 0.734. The minimum absolute atomic E-state index is 0.0346. The number of non-ortho nitro benzene ring substituents is 2. The van der Waals surface area contributed by atoms with E-state index in [0.29, 0.717) is 113 Å². The van der Waals surface area contributed by atoms with Gasteiger partial charge in [-0.25, -0.2) is 0 Å². The van der Waals surface area contributed by atoms with E-state index in [-0.39, 0.29) is 95.8 Å². The first kappa shape index (κ1) is 74.9. The van der Waals surface area contributed by atoms with Gasteiger partial charge in [0.15, 0.2) is 0 Å². The molecule has 2 fully saturated rings. The molecule has 6 N–H and O–H groups in total. The molecule has 0 saturated heterocycles. The third-order valence-corrected chi connectivity index (χ3v) is 18.0. The predicted octanol–water partition coefficient (Wildman–Crippen LogP) is 12.3. The van der Waals surface area contributed by atoms with Crippen molar-refractivity contribution < 1.29 is 57.7 Å². The first-order valence-electron chi connectivity index (χ1n) is 34.8. The smallest absolute Gasteiger partial charge is 0.305 e. The lowest BCUT2D eigenvalue weighted by Crippen LogP contribution is -2.54. The van der Waals surface area contributed by atoms with Gasteiger partial charge in [0, 0.05) is 132 Å². The third-order valence-electron chi connectivity index (χ3n) is 18.0.